The quantitative estimate of drug-likeness (QED) is 0.788. The van der Waals surface area contributed by atoms with Crippen LogP contribution in [0.4, 0.5) is 13.2 Å². The molecule has 0 radical (unpaired) electrons. The van der Waals surface area contributed by atoms with E-state index < -0.39 is 12.1 Å². The summed E-state index contributed by atoms with van der Waals surface area (Å²) in [6.45, 7) is 1.44. The molecule has 0 atom stereocenters. The Morgan fingerprint density at radius 2 is 2.18 bits per heavy atom. The molecule has 17 heavy (non-hydrogen) atoms. The van der Waals surface area contributed by atoms with Crippen LogP contribution in [0.2, 0.25) is 0 Å². The number of aromatic nitrogens is 1. The van der Waals surface area contributed by atoms with Gasteiger partial charge < -0.3 is 4.74 Å². The molecule has 0 aliphatic rings. The normalized spacial score (nSPS) is 11.1. The van der Waals surface area contributed by atoms with Crippen molar-refractivity contribution in [2.75, 3.05) is 0 Å². The molecule has 1 aromatic rings. The molecule has 0 bridgehead atoms. The minimum atomic E-state index is -4.81. The second-order valence-corrected chi connectivity index (χ2v) is 3.49. The Labute approximate surface area is 101 Å². The fourth-order valence-corrected chi connectivity index (χ4v) is 1.45. The summed E-state index contributed by atoms with van der Waals surface area (Å²) in [5.74, 6) is -0.362. The van der Waals surface area contributed by atoms with E-state index >= 15 is 0 Å². The largest absolute Gasteiger partial charge is 0.573 e. The Morgan fingerprint density at radius 1 is 1.53 bits per heavy atom. The summed E-state index contributed by atoms with van der Waals surface area (Å²) >= 11 is 5.55. The van der Waals surface area contributed by atoms with Gasteiger partial charge in [-0.15, -0.1) is 24.8 Å². The number of aryl methyl sites for hydroxylation is 1. The molecule has 0 aliphatic carbocycles. The van der Waals surface area contributed by atoms with Gasteiger partial charge in [0.2, 0.25) is 0 Å². The molecule has 92 valence electrons. The second kappa shape index (κ2) is 5.23. The number of ether oxygens (including phenoxy) is 1. The van der Waals surface area contributed by atoms with Crippen molar-refractivity contribution in [3.05, 3.63) is 23.0 Å². The van der Waals surface area contributed by atoms with Gasteiger partial charge in [-0.05, 0) is 18.6 Å². The lowest BCUT2D eigenvalue weighted by Crippen LogP contribution is -2.19. The summed E-state index contributed by atoms with van der Waals surface area (Å²) in [5, 5.41) is 8.54. The minimum absolute atomic E-state index is 0.0551. The summed E-state index contributed by atoms with van der Waals surface area (Å²) < 4.78 is 40.4. The van der Waals surface area contributed by atoms with Crippen LogP contribution in [-0.2, 0) is 12.3 Å². The van der Waals surface area contributed by atoms with Crippen LogP contribution in [0.5, 0.6) is 5.75 Å². The summed E-state index contributed by atoms with van der Waals surface area (Å²) in [7, 11) is 0. The fraction of sp³-hybridized carbons (Fsp3) is 0.400. The van der Waals surface area contributed by atoms with E-state index in [1.54, 1.807) is 6.07 Å². The second-order valence-electron chi connectivity index (χ2n) is 3.22. The standard InChI is InChI=1S/C10H8ClF3N2O/c1-6-4-7(5-11)16-8(2-3-15)9(6)17-10(12,13)14/h4H,2,5H2,1H3. The van der Waals surface area contributed by atoms with E-state index in [1.807, 2.05) is 0 Å². The van der Waals surface area contributed by atoms with E-state index in [2.05, 4.69) is 9.72 Å². The van der Waals surface area contributed by atoms with E-state index in [4.69, 9.17) is 16.9 Å². The van der Waals surface area contributed by atoms with Gasteiger partial charge >= 0.3 is 6.36 Å². The molecule has 3 nitrogen and oxygen atoms in total. The fourth-order valence-electron chi connectivity index (χ4n) is 1.32. The number of rotatable bonds is 3. The average Bonchev–Trinajstić information content (AvgIpc) is 2.21. The Balaban J connectivity index is 3.22. The van der Waals surface area contributed by atoms with E-state index in [1.165, 1.54) is 13.0 Å². The lowest BCUT2D eigenvalue weighted by atomic mass is 10.1. The summed E-state index contributed by atoms with van der Waals surface area (Å²) in [5.41, 5.74) is 0.600. The molecule has 0 aliphatic heterocycles. The first-order chi connectivity index (χ1) is 7.87. The Kier molecular flexibility index (Phi) is 4.18. The Bertz CT molecular complexity index is 454. The molecule has 0 saturated heterocycles. The zero-order valence-corrected chi connectivity index (χ0v) is 9.56. The molecule has 7 heteroatoms. The predicted octanol–water partition coefficient (Wildman–Crippen LogP) is 3.09. The van der Waals surface area contributed by atoms with Gasteiger partial charge in [0.1, 0.15) is 0 Å². The van der Waals surface area contributed by atoms with Crippen molar-refractivity contribution in [3.63, 3.8) is 0 Å². The van der Waals surface area contributed by atoms with Crippen molar-refractivity contribution in [1.82, 2.24) is 4.98 Å². The Morgan fingerprint density at radius 3 is 2.65 bits per heavy atom. The summed E-state index contributed by atoms with van der Waals surface area (Å²) in [6.07, 6.45) is -5.07. The van der Waals surface area contributed by atoms with Crippen LogP contribution in [0, 0.1) is 18.3 Å². The first-order valence-electron chi connectivity index (χ1n) is 4.55. The van der Waals surface area contributed by atoms with Crippen molar-refractivity contribution in [2.45, 2.75) is 25.6 Å². The van der Waals surface area contributed by atoms with Crippen molar-refractivity contribution in [1.29, 1.82) is 5.26 Å². The van der Waals surface area contributed by atoms with Gasteiger partial charge in [0.05, 0.1) is 29.8 Å². The van der Waals surface area contributed by atoms with Crippen LogP contribution in [-0.4, -0.2) is 11.3 Å². The van der Waals surface area contributed by atoms with Crippen molar-refractivity contribution >= 4 is 11.6 Å². The molecule has 1 rings (SSSR count). The monoisotopic (exact) mass is 264 g/mol. The highest BCUT2D eigenvalue weighted by molar-refractivity contribution is 6.16. The van der Waals surface area contributed by atoms with E-state index in [-0.39, 0.29) is 23.6 Å². The molecule has 0 unspecified atom stereocenters. The first-order valence-corrected chi connectivity index (χ1v) is 5.09. The van der Waals surface area contributed by atoms with Gasteiger partial charge in [-0.25, -0.2) is 0 Å². The van der Waals surface area contributed by atoms with Gasteiger partial charge in [-0.1, -0.05) is 0 Å². The highest BCUT2D eigenvalue weighted by Crippen LogP contribution is 2.29. The molecule has 0 amide bonds. The molecular weight excluding hydrogens is 257 g/mol. The van der Waals surface area contributed by atoms with Crippen LogP contribution in [0.3, 0.4) is 0 Å². The van der Waals surface area contributed by atoms with E-state index in [0.29, 0.717) is 5.69 Å². The molecule has 0 fully saturated rings. The molecular formula is C10H8ClF3N2O. The molecule has 0 saturated carbocycles. The minimum Gasteiger partial charge on any atom is -0.404 e. The maximum absolute atomic E-state index is 12.2. The number of pyridine rings is 1. The molecule has 0 spiro atoms. The third kappa shape index (κ3) is 3.79. The highest BCUT2D eigenvalue weighted by Gasteiger charge is 2.33. The van der Waals surface area contributed by atoms with E-state index in [0.717, 1.165) is 0 Å². The third-order valence-electron chi connectivity index (χ3n) is 1.88. The summed E-state index contributed by atoms with van der Waals surface area (Å²) in [4.78, 5) is 3.85. The number of hydrogen-bond acceptors (Lipinski definition) is 3. The van der Waals surface area contributed by atoms with Crippen LogP contribution in [0.1, 0.15) is 17.0 Å². The average molecular weight is 265 g/mol. The van der Waals surface area contributed by atoms with Gasteiger partial charge in [-0.3, -0.25) is 4.98 Å². The maximum atomic E-state index is 12.2. The molecule has 1 aromatic heterocycles. The van der Waals surface area contributed by atoms with Gasteiger partial charge in [0.25, 0.3) is 0 Å². The maximum Gasteiger partial charge on any atom is 0.573 e. The van der Waals surface area contributed by atoms with Crippen LogP contribution < -0.4 is 4.74 Å². The van der Waals surface area contributed by atoms with Gasteiger partial charge in [0, 0.05) is 0 Å². The number of nitrogens with zero attached hydrogens (tertiary/aromatic N) is 2. The van der Waals surface area contributed by atoms with Crippen molar-refractivity contribution in [2.24, 2.45) is 0 Å². The van der Waals surface area contributed by atoms with Crippen LogP contribution in [0.15, 0.2) is 6.07 Å². The Hall–Kier alpha value is -1.48. The number of alkyl halides is 4. The SMILES string of the molecule is Cc1cc(CCl)nc(CC#N)c1OC(F)(F)F. The van der Waals surface area contributed by atoms with Crippen molar-refractivity contribution in [3.8, 4) is 11.8 Å². The number of nitriles is 1. The first kappa shape index (κ1) is 13.6. The third-order valence-corrected chi connectivity index (χ3v) is 2.16. The van der Waals surface area contributed by atoms with Crippen LogP contribution in [0.25, 0.3) is 0 Å². The van der Waals surface area contributed by atoms with Gasteiger partial charge in [0.15, 0.2) is 5.75 Å². The molecule has 0 aromatic carbocycles. The summed E-state index contributed by atoms with van der Waals surface area (Å²) in [6, 6.07) is 3.13. The van der Waals surface area contributed by atoms with E-state index in [9.17, 15) is 13.2 Å². The lowest BCUT2D eigenvalue weighted by Gasteiger charge is -2.14. The van der Waals surface area contributed by atoms with Gasteiger partial charge in [-0.2, -0.15) is 5.26 Å². The van der Waals surface area contributed by atoms with Crippen molar-refractivity contribution < 1.29 is 17.9 Å². The predicted molar refractivity (Wildman–Crippen MR) is 54.5 cm³/mol. The zero-order valence-electron chi connectivity index (χ0n) is 8.81. The zero-order chi connectivity index (χ0) is 13.1. The molecule has 1 heterocycles. The number of hydrogen-bond donors (Lipinski definition) is 0. The number of halogens is 4. The lowest BCUT2D eigenvalue weighted by molar-refractivity contribution is -0.275. The highest BCUT2D eigenvalue weighted by atomic mass is 35.5. The smallest absolute Gasteiger partial charge is 0.404 e. The molecule has 0 N–H and O–H groups in total. The topological polar surface area (TPSA) is 45.9 Å². The van der Waals surface area contributed by atoms with Crippen LogP contribution >= 0.6 is 11.6 Å².